The number of fused-ring (bicyclic) bond motifs is 1. The molecule has 0 bridgehead atoms. The summed E-state index contributed by atoms with van der Waals surface area (Å²) in [6.45, 7) is 2.28. The minimum Gasteiger partial charge on any atom is -0.395 e. The van der Waals surface area contributed by atoms with E-state index >= 15 is 0 Å². The smallest absolute Gasteiger partial charge is 0.272 e. The molecular formula is C16H16N2O2S2. The Kier molecular flexibility index (Phi) is 4.61. The molecule has 0 aliphatic heterocycles. The lowest BCUT2D eigenvalue weighted by atomic mass is 10.1. The van der Waals surface area contributed by atoms with E-state index in [2.05, 4.69) is 24.0 Å². The van der Waals surface area contributed by atoms with E-state index in [0.29, 0.717) is 9.86 Å². The molecule has 0 radical (unpaired) electrons. The van der Waals surface area contributed by atoms with Gasteiger partial charge in [0.1, 0.15) is 4.70 Å². The van der Waals surface area contributed by atoms with Crippen molar-refractivity contribution in [1.82, 2.24) is 9.55 Å². The molecule has 0 amide bonds. The Hall–Kier alpha value is -1.63. The fourth-order valence-corrected chi connectivity index (χ4v) is 4.13. The molecule has 0 saturated heterocycles. The van der Waals surface area contributed by atoms with E-state index in [-0.39, 0.29) is 18.7 Å². The standard InChI is InChI=1S/C16H16N2O2S2/c1-11-4-2-3-5-12(11)10-22-16-17-13-6-9-21-14(13)15(20)18(16)7-8-19/h2-6,9,19H,7-8,10H2,1H3. The van der Waals surface area contributed by atoms with Crippen LogP contribution in [0, 0.1) is 6.92 Å². The molecule has 1 N–H and O–H groups in total. The van der Waals surface area contributed by atoms with E-state index in [4.69, 9.17) is 0 Å². The van der Waals surface area contributed by atoms with Gasteiger partial charge >= 0.3 is 0 Å². The summed E-state index contributed by atoms with van der Waals surface area (Å²) in [4.78, 5) is 17.1. The number of hydrogen-bond donors (Lipinski definition) is 1. The summed E-state index contributed by atoms with van der Waals surface area (Å²) in [6.07, 6.45) is 0. The molecule has 0 spiro atoms. The van der Waals surface area contributed by atoms with Gasteiger partial charge in [0.2, 0.25) is 0 Å². The third-order valence-electron chi connectivity index (χ3n) is 3.47. The fourth-order valence-electron chi connectivity index (χ4n) is 2.25. The molecule has 4 nitrogen and oxygen atoms in total. The summed E-state index contributed by atoms with van der Waals surface area (Å²) in [6, 6.07) is 10.1. The van der Waals surface area contributed by atoms with E-state index in [0.717, 1.165) is 11.3 Å². The lowest BCUT2D eigenvalue weighted by Gasteiger charge is -2.11. The van der Waals surface area contributed by atoms with Crippen molar-refractivity contribution in [3.8, 4) is 0 Å². The molecule has 1 aromatic carbocycles. The van der Waals surface area contributed by atoms with Crippen LogP contribution in [0.1, 0.15) is 11.1 Å². The van der Waals surface area contributed by atoms with Crippen molar-refractivity contribution in [3.63, 3.8) is 0 Å². The zero-order valence-electron chi connectivity index (χ0n) is 12.2. The molecule has 0 aliphatic rings. The number of nitrogens with zero attached hydrogens (tertiary/aromatic N) is 2. The van der Waals surface area contributed by atoms with Crippen LogP contribution in [-0.2, 0) is 12.3 Å². The lowest BCUT2D eigenvalue weighted by molar-refractivity contribution is 0.268. The summed E-state index contributed by atoms with van der Waals surface area (Å²) < 4.78 is 2.22. The normalized spacial score (nSPS) is 11.2. The Bertz CT molecular complexity index is 855. The van der Waals surface area contributed by atoms with Gasteiger partial charge in [-0.05, 0) is 29.5 Å². The predicted octanol–water partition coefficient (Wildman–Crippen LogP) is 3.05. The van der Waals surface area contributed by atoms with Crippen LogP contribution in [0.15, 0.2) is 45.7 Å². The first-order valence-corrected chi connectivity index (χ1v) is 8.83. The maximum absolute atomic E-state index is 12.5. The number of hydrogen-bond acceptors (Lipinski definition) is 5. The fraction of sp³-hybridized carbons (Fsp3) is 0.250. The second-order valence-corrected chi connectivity index (χ2v) is 6.78. The molecule has 0 fully saturated rings. The number of aryl methyl sites for hydroxylation is 1. The average Bonchev–Trinajstić information content (AvgIpc) is 2.98. The molecule has 0 aliphatic carbocycles. The van der Waals surface area contributed by atoms with Gasteiger partial charge < -0.3 is 5.11 Å². The number of thiophene rings is 1. The van der Waals surface area contributed by atoms with Crippen molar-refractivity contribution >= 4 is 33.3 Å². The van der Waals surface area contributed by atoms with Gasteiger partial charge in [0.15, 0.2) is 5.16 Å². The van der Waals surface area contributed by atoms with Gasteiger partial charge in [-0.1, -0.05) is 36.0 Å². The van der Waals surface area contributed by atoms with Crippen molar-refractivity contribution < 1.29 is 5.11 Å². The lowest BCUT2D eigenvalue weighted by Crippen LogP contribution is -2.24. The number of aliphatic hydroxyl groups is 1. The third kappa shape index (κ3) is 2.95. The Labute approximate surface area is 136 Å². The highest BCUT2D eigenvalue weighted by atomic mass is 32.2. The number of aromatic nitrogens is 2. The van der Waals surface area contributed by atoms with Crippen molar-refractivity contribution in [2.75, 3.05) is 6.61 Å². The topological polar surface area (TPSA) is 55.1 Å². The van der Waals surface area contributed by atoms with Crippen molar-refractivity contribution in [1.29, 1.82) is 0 Å². The molecular weight excluding hydrogens is 316 g/mol. The first-order valence-electron chi connectivity index (χ1n) is 6.97. The van der Waals surface area contributed by atoms with Crippen LogP contribution < -0.4 is 5.56 Å². The number of thioether (sulfide) groups is 1. The number of benzene rings is 1. The van der Waals surface area contributed by atoms with Gasteiger partial charge in [-0.15, -0.1) is 11.3 Å². The second-order valence-electron chi connectivity index (χ2n) is 4.92. The highest BCUT2D eigenvalue weighted by molar-refractivity contribution is 7.98. The third-order valence-corrected chi connectivity index (χ3v) is 5.39. The van der Waals surface area contributed by atoms with Gasteiger partial charge in [0.05, 0.1) is 18.7 Å². The van der Waals surface area contributed by atoms with Gasteiger partial charge in [-0.2, -0.15) is 0 Å². The minimum atomic E-state index is -0.0730. The van der Waals surface area contributed by atoms with Gasteiger partial charge in [-0.25, -0.2) is 4.98 Å². The average molecular weight is 332 g/mol. The molecule has 6 heteroatoms. The predicted molar refractivity (Wildman–Crippen MR) is 91.7 cm³/mol. The largest absolute Gasteiger partial charge is 0.395 e. The summed E-state index contributed by atoms with van der Waals surface area (Å²) in [5.74, 6) is 0.750. The van der Waals surface area contributed by atoms with E-state index in [1.807, 2.05) is 23.6 Å². The highest BCUT2D eigenvalue weighted by Crippen LogP contribution is 2.25. The van der Waals surface area contributed by atoms with Gasteiger partial charge in [0, 0.05) is 5.75 Å². The van der Waals surface area contributed by atoms with E-state index in [1.54, 1.807) is 4.57 Å². The van der Waals surface area contributed by atoms with Crippen LogP contribution in [0.3, 0.4) is 0 Å². The monoisotopic (exact) mass is 332 g/mol. The molecule has 0 atom stereocenters. The summed E-state index contributed by atoms with van der Waals surface area (Å²) in [7, 11) is 0. The maximum atomic E-state index is 12.5. The molecule has 3 aromatic rings. The Balaban J connectivity index is 1.97. The molecule has 0 unspecified atom stereocenters. The van der Waals surface area contributed by atoms with Crippen molar-refractivity contribution in [2.24, 2.45) is 0 Å². The molecule has 2 aromatic heterocycles. The second kappa shape index (κ2) is 6.64. The van der Waals surface area contributed by atoms with Crippen LogP contribution in [0.25, 0.3) is 10.2 Å². The maximum Gasteiger partial charge on any atom is 0.272 e. The van der Waals surface area contributed by atoms with Crippen LogP contribution in [0.5, 0.6) is 0 Å². The first-order chi connectivity index (χ1) is 10.7. The number of rotatable bonds is 5. The zero-order valence-corrected chi connectivity index (χ0v) is 13.8. The molecule has 2 heterocycles. The first kappa shape index (κ1) is 15.3. The Morgan fingerprint density at radius 2 is 2.14 bits per heavy atom. The Morgan fingerprint density at radius 3 is 2.91 bits per heavy atom. The molecule has 114 valence electrons. The molecule has 22 heavy (non-hydrogen) atoms. The zero-order chi connectivity index (χ0) is 15.5. The van der Waals surface area contributed by atoms with E-state index in [9.17, 15) is 9.90 Å². The van der Waals surface area contributed by atoms with E-state index < -0.39 is 0 Å². The summed E-state index contributed by atoms with van der Waals surface area (Å²) in [5.41, 5.74) is 3.11. The molecule has 3 rings (SSSR count). The van der Waals surface area contributed by atoms with E-state index in [1.165, 1.54) is 34.2 Å². The Morgan fingerprint density at radius 1 is 1.32 bits per heavy atom. The van der Waals surface area contributed by atoms with Crippen LogP contribution in [0.2, 0.25) is 0 Å². The SMILES string of the molecule is Cc1ccccc1CSc1nc2ccsc2c(=O)n1CCO. The summed E-state index contributed by atoms with van der Waals surface area (Å²) in [5, 5.41) is 11.8. The van der Waals surface area contributed by atoms with Crippen LogP contribution >= 0.6 is 23.1 Å². The quantitative estimate of drug-likeness (QED) is 0.576. The summed E-state index contributed by atoms with van der Waals surface area (Å²) >= 11 is 2.92. The number of aliphatic hydroxyl groups excluding tert-OH is 1. The van der Waals surface area contributed by atoms with Crippen molar-refractivity contribution in [3.05, 3.63) is 57.2 Å². The minimum absolute atomic E-state index is 0.0682. The van der Waals surface area contributed by atoms with Crippen molar-refractivity contribution in [2.45, 2.75) is 24.4 Å². The highest BCUT2D eigenvalue weighted by Gasteiger charge is 2.12. The van der Waals surface area contributed by atoms with Crippen LogP contribution in [0.4, 0.5) is 0 Å². The van der Waals surface area contributed by atoms with Gasteiger partial charge in [-0.3, -0.25) is 9.36 Å². The van der Waals surface area contributed by atoms with Gasteiger partial charge in [0.25, 0.3) is 5.56 Å². The molecule has 0 saturated carbocycles. The van der Waals surface area contributed by atoms with Crippen LogP contribution in [-0.4, -0.2) is 21.3 Å².